The van der Waals surface area contributed by atoms with Gasteiger partial charge in [-0.25, -0.2) is 4.39 Å². The molecule has 0 bridgehead atoms. The van der Waals surface area contributed by atoms with Crippen molar-refractivity contribution in [2.75, 3.05) is 13.1 Å². The summed E-state index contributed by atoms with van der Waals surface area (Å²) >= 11 is 0. The second-order valence-corrected chi connectivity index (χ2v) is 5.28. The van der Waals surface area contributed by atoms with Crippen molar-refractivity contribution in [1.82, 2.24) is 10.2 Å². The van der Waals surface area contributed by atoms with Crippen molar-refractivity contribution in [3.8, 4) is 5.75 Å². The van der Waals surface area contributed by atoms with E-state index in [1.807, 2.05) is 0 Å². The summed E-state index contributed by atoms with van der Waals surface area (Å²) in [6, 6.07) is 4.03. The Kier molecular flexibility index (Phi) is 3.14. The standard InChI is InChI=1S/C14H17FN2O2/c15-9-3-4-10(13(18)8-9)14(19)16-11-5-7-17-6-1-2-12(11)17/h3-4,8,11-12,18H,1-2,5-7H2,(H,16,19). The van der Waals surface area contributed by atoms with Crippen LogP contribution in [0, 0.1) is 5.82 Å². The first-order valence-corrected chi connectivity index (χ1v) is 6.68. The molecule has 1 amide bonds. The van der Waals surface area contributed by atoms with Crippen LogP contribution in [0.5, 0.6) is 5.75 Å². The van der Waals surface area contributed by atoms with Crippen molar-refractivity contribution in [3.05, 3.63) is 29.6 Å². The van der Waals surface area contributed by atoms with Gasteiger partial charge in [-0.2, -0.15) is 0 Å². The Labute approximate surface area is 111 Å². The van der Waals surface area contributed by atoms with E-state index in [2.05, 4.69) is 10.2 Å². The van der Waals surface area contributed by atoms with Gasteiger partial charge in [0.25, 0.3) is 5.91 Å². The Bertz CT molecular complexity index is 506. The van der Waals surface area contributed by atoms with Gasteiger partial charge in [-0.05, 0) is 37.9 Å². The summed E-state index contributed by atoms with van der Waals surface area (Å²) in [5.74, 6) is -1.17. The van der Waals surface area contributed by atoms with Gasteiger partial charge in [0.15, 0.2) is 0 Å². The molecule has 2 aliphatic rings. The first-order valence-electron chi connectivity index (χ1n) is 6.68. The lowest BCUT2D eigenvalue weighted by atomic mass is 10.1. The maximum absolute atomic E-state index is 12.9. The van der Waals surface area contributed by atoms with Crippen LogP contribution in [0.2, 0.25) is 0 Å². The molecule has 2 fully saturated rings. The largest absolute Gasteiger partial charge is 0.507 e. The number of fused-ring (bicyclic) bond motifs is 1. The fourth-order valence-electron chi connectivity index (χ4n) is 3.19. The molecule has 0 aromatic heterocycles. The van der Waals surface area contributed by atoms with Gasteiger partial charge in [0.2, 0.25) is 0 Å². The molecule has 2 aliphatic heterocycles. The third kappa shape index (κ3) is 2.30. The van der Waals surface area contributed by atoms with Gasteiger partial charge in [0.1, 0.15) is 11.6 Å². The number of amides is 1. The monoisotopic (exact) mass is 264 g/mol. The number of phenolic OH excluding ortho intramolecular Hbond substituents is 1. The van der Waals surface area contributed by atoms with E-state index < -0.39 is 5.82 Å². The van der Waals surface area contributed by atoms with E-state index in [1.54, 1.807) is 0 Å². The van der Waals surface area contributed by atoms with Gasteiger partial charge in [-0.1, -0.05) is 0 Å². The zero-order chi connectivity index (χ0) is 13.4. The molecule has 1 aromatic rings. The molecule has 1 aromatic carbocycles. The molecule has 2 heterocycles. The molecule has 3 rings (SSSR count). The molecule has 0 radical (unpaired) electrons. The van der Waals surface area contributed by atoms with Crippen molar-refractivity contribution in [1.29, 1.82) is 0 Å². The van der Waals surface area contributed by atoms with Gasteiger partial charge in [-0.3, -0.25) is 9.69 Å². The molecule has 19 heavy (non-hydrogen) atoms. The molecule has 102 valence electrons. The minimum absolute atomic E-state index is 0.137. The molecule has 0 saturated carbocycles. The van der Waals surface area contributed by atoms with Crippen molar-refractivity contribution in [2.24, 2.45) is 0 Å². The molecule has 2 atom stereocenters. The van der Waals surface area contributed by atoms with Gasteiger partial charge >= 0.3 is 0 Å². The lowest BCUT2D eigenvalue weighted by Gasteiger charge is -2.21. The minimum atomic E-state index is -0.545. The van der Waals surface area contributed by atoms with Crippen LogP contribution in [0.1, 0.15) is 29.6 Å². The number of benzene rings is 1. The van der Waals surface area contributed by atoms with Crippen LogP contribution in [0.25, 0.3) is 0 Å². The van der Waals surface area contributed by atoms with Crippen LogP contribution in [-0.4, -0.2) is 41.1 Å². The number of nitrogens with one attached hydrogen (secondary N) is 1. The molecule has 0 aliphatic carbocycles. The topological polar surface area (TPSA) is 52.6 Å². The first kappa shape index (κ1) is 12.4. The molecule has 0 spiro atoms. The van der Waals surface area contributed by atoms with Gasteiger partial charge < -0.3 is 10.4 Å². The highest BCUT2D eigenvalue weighted by atomic mass is 19.1. The number of phenols is 1. The third-order valence-corrected chi connectivity index (χ3v) is 4.13. The zero-order valence-electron chi connectivity index (χ0n) is 10.6. The summed E-state index contributed by atoms with van der Waals surface area (Å²) in [7, 11) is 0. The van der Waals surface area contributed by atoms with E-state index in [0.29, 0.717) is 6.04 Å². The summed E-state index contributed by atoms with van der Waals surface area (Å²) in [5, 5.41) is 12.6. The van der Waals surface area contributed by atoms with Crippen LogP contribution in [0.15, 0.2) is 18.2 Å². The van der Waals surface area contributed by atoms with Crippen LogP contribution < -0.4 is 5.32 Å². The summed E-state index contributed by atoms with van der Waals surface area (Å²) < 4.78 is 12.9. The number of carbonyl (C=O) groups is 1. The lowest BCUT2D eigenvalue weighted by molar-refractivity contribution is 0.0927. The second kappa shape index (κ2) is 4.81. The number of nitrogens with zero attached hydrogens (tertiary/aromatic N) is 1. The molecule has 4 nitrogen and oxygen atoms in total. The van der Waals surface area contributed by atoms with E-state index in [-0.39, 0.29) is 23.3 Å². The predicted molar refractivity (Wildman–Crippen MR) is 68.5 cm³/mol. The Hall–Kier alpha value is -1.62. The number of halogens is 1. The van der Waals surface area contributed by atoms with E-state index in [9.17, 15) is 14.3 Å². The van der Waals surface area contributed by atoms with E-state index in [1.165, 1.54) is 18.6 Å². The number of carbonyl (C=O) groups excluding carboxylic acids is 1. The SMILES string of the molecule is O=C(NC1CCN2CCCC12)c1ccc(F)cc1O. The van der Waals surface area contributed by atoms with Gasteiger partial charge in [-0.15, -0.1) is 0 Å². The zero-order valence-corrected chi connectivity index (χ0v) is 10.6. The average Bonchev–Trinajstić information content (AvgIpc) is 2.94. The first-order chi connectivity index (χ1) is 9.15. The maximum Gasteiger partial charge on any atom is 0.255 e. The summed E-state index contributed by atoms with van der Waals surface area (Å²) in [5.41, 5.74) is 0.137. The molecule has 2 N–H and O–H groups in total. The molecular weight excluding hydrogens is 247 g/mol. The van der Waals surface area contributed by atoms with Crippen LogP contribution in [0.3, 0.4) is 0 Å². The van der Waals surface area contributed by atoms with Gasteiger partial charge in [0.05, 0.1) is 5.56 Å². The van der Waals surface area contributed by atoms with E-state index >= 15 is 0 Å². The Balaban J connectivity index is 1.71. The fourth-order valence-corrected chi connectivity index (χ4v) is 3.19. The van der Waals surface area contributed by atoms with Crippen LogP contribution >= 0.6 is 0 Å². The number of hydrogen-bond donors (Lipinski definition) is 2. The highest BCUT2D eigenvalue weighted by molar-refractivity contribution is 5.97. The molecule has 2 saturated heterocycles. The average molecular weight is 264 g/mol. The Morgan fingerprint density at radius 1 is 1.37 bits per heavy atom. The van der Waals surface area contributed by atoms with Gasteiger partial charge in [0, 0.05) is 24.7 Å². The molecule has 5 heteroatoms. The second-order valence-electron chi connectivity index (χ2n) is 5.28. The van der Waals surface area contributed by atoms with Crippen molar-refractivity contribution < 1.29 is 14.3 Å². The normalized spacial score (nSPS) is 26.4. The highest BCUT2D eigenvalue weighted by Gasteiger charge is 2.38. The van der Waals surface area contributed by atoms with Crippen molar-refractivity contribution in [2.45, 2.75) is 31.3 Å². The predicted octanol–water partition coefficient (Wildman–Crippen LogP) is 1.50. The number of rotatable bonds is 2. The highest BCUT2D eigenvalue weighted by Crippen LogP contribution is 2.28. The molecular formula is C14H17FN2O2. The van der Waals surface area contributed by atoms with Crippen molar-refractivity contribution in [3.63, 3.8) is 0 Å². The van der Waals surface area contributed by atoms with Crippen LogP contribution in [0.4, 0.5) is 4.39 Å². The van der Waals surface area contributed by atoms with Crippen LogP contribution in [-0.2, 0) is 0 Å². The summed E-state index contributed by atoms with van der Waals surface area (Å²) in [6.07, 6.45) is 3.23. The smallest absolute Gasteiger partial charge is 0.255 e. The number of hydrogen-bond acceptors (Lipinski definition) is 3. The summed E-state index contributed by atoms with van der Waals surface area (Å²) in [6.45, 7) is 2.13. The Morgan fingerprint density at radius 3 is 3.00 bits per heavy atom. The third-order valence-electron chi connectivity index (χ3n) is 4.13. The van der Waals surface area contributed by atoms with E-state index in [0.717, 1.165) is 32.0 Å². The summed E-state index contributed by atoms with van der Waals surface area (Å²) in [4.78, 5) is 14.5. The fraction of sp³-hybridized carbons (Fsp3) is 0.500. The number of aromatic hydroxyl groups is 1. The lowest BCUT2D eigenvalue weighted by Crippen LogP contribution is -2.42. The van der Waals surface area contributed by atoms with Crippen molar-refractivity contribution >= 4 is 5.91 Å². The molecule has 2 unspecified atom stereocenters. The maximum atomic E-state index is 12.9. The minimum Gasteiger partial charge on any atom is -0.507 e. The van der Waals surface area contributed by atoms with E-state index in [4.69, 9.17) is 0 Å². The quantitative estimate of drug-likeness (QED) is 0.851. The Morgan fingerprint density at radius 2 is 2.21 bits per heavy atom.